The second kappa shape index (κ2) is 6.25. The lowest BCUT2D eigenvalue weighted by molar-refractivity contribution is -0.140. The van der Waals surface area contributed by atoms with Gasteiger partial charge in [0.15, 0.2) is 0 Å². The summed E-state index contributed by atoms with van der Waals surface area (Å²) in [7, 11) is 0. The van der Waals surface area contributed by atoms with E-state index >= 15 is 0 Å². The van der Waals surface area contributed by atoms with Gasteiger partial charge in [-0.1, -0.05) is 24.6 Å². The van der Waals surface area contributed by atoms with E-state index in [-0.39, 0.29) is 0 Å². The van der Waals surface area contributed by atoms with Gasteiger partial charge in [0.05, 0.1) is 10.9 Å². The van der Waals surface area contributed by atoms with E-state index < -0.39 is 11.9 Å². The second-order valence-corrected chi connectivity index (χ2v) is 4.20. The lowest BCUT2D eigenvalue weighted by Gasteiger charge is -2.24. The molecule has 1 rings (SSSR count). The van der Waals surface area contributed by atoms with E-state index in [0.717, 1.165) is 0 Å². The number of nitrogens with zero attached hydrogens (tertiary/aromatic N) is 2. The predicted octanol–water partition coefficient (Wildman–Crippen LogP) is 2.45. The number of hydrogen-bond acceptors (Lipinski definition) is 3. The number of pyridine rings is 1. The van der Waals surface area contributed by atoms with Crippen LogP contribution in [0.25, 0.3) is 0 Å². The van der Waals surface area contributed by atoms with Crippen LogP contribution in [0.15, 0.2) is 31.0 Å². The lowest BCUT2D eigenvalue weighted by Crippen LogP contribution is -2.32. The number of anilines is 1. The Morgan fingerprint density at radius 2 is 2.41 bits per heavy atom. The molecule has 0 saturated carbocycles. The van der Waals surface area contributed by atoms with Crippen molar-refractivity contribution in [2.75, 3.05) is 18.0 Å². The van der Waals surface area contributed by atoms with Gasteiger partial charge < -0.3 is 10.0 Å². The third-order valence-corrected chi connectivity index (χ3v) is 2.52. The SMILES string of the molecule is C=CCN(CC(C)C(=O)O)c1ccc(Cl)cn1. The minimum absolute atomic E-state index is 0.385. The van der Waals surface area contributed by atoms with E-state index in [1.165, 1.54) is 0 Å². The standard InChI is InChI=1S/C12H15ClN2O2/c1-3-6-15(8-9(2)12(16)17)11-5-4-10(13)7-14-11/h3-5,7,9H,1,6,8H2,2H3,(H,16,17). The van der Waals surface area contributed by atoms with Gasteiger partial charge in [0.2, 0.25) is 0 Å². The van der Waals surface area contributed by atoms with Crippen LogP contribution in [0.3, 0.4) is 0 Å². The molecule has 0 saturated heterocycles. The van der Waals surface area contributed by atoms with Gasteiger partial charge in [-0.2, -0.15) is 0 Å². The van der Waals surface area contributed by atoms with Gasteiger partial charge in [0, 0.05) is 19.3 Å². The van der Waals surface area contributed by atoms with Crippen molar-refractivity contribution in [1.29, 1.82) is 0 Å². The van der Waals surface area contributed by atoms with Crippen LogP contribution in [0, 0.1) is 5.92 Å². The molecule has 92 valence electrons. The predicted molar refractivity (Wildman–Crippen MR) is 68.5 cm³/mol. The zero-order chi connectivity index (χ0) is 12.8. The summed E-state index contributed by atoms with van der Waals surface area (Å²) in [6.07, 6.45) is 3.25. The average molecular weight is 255 g/mol. The van der Waals surface area contributed by atoms with Crippen LogP contribution in [0.5, 0.6) is 0 Å². The Balaban J connectivity index is 2.81. The van der Waals surface area contributed by atoms with E-state index in [9.17, 15) is 4.79 Å². The van der Waals surface area contributed by atoms with Crippen molar-refractivity contribution in [2.24, 2.45) is 5.92 Å². The topological polar surface area (TPSA) is 53.4 Å². The van der Waals surface area contributed by atoms with Gasteiger partial charge in [0.1, 0.15) is 5.82 Å². The Morgan fingerprint density at radius 3 is 2.88 bits per heavy atom. The maximum atomic E-state index is 10.8. The minimum atomic E-state index is -0.826. The molecule has 0 radical (unpaired) electrons. The summed E-state index contributed by atoms with van der Waals surface area (Å²) in [5.41, 5.74) is 0. The Kier molecular flexibility index (Phi) is 4.97. The van der Waals surface area contributed by atoms with Crippen LogP contribution in [-0.2, 0) is 4.79 Å². The first-order valence-corrected chi connectivity index (χ1v) is 5.62. The maximum Gasteiger partial charge on any atom is 0.308 e. The highest BCUT2D eigenvalue weighted by Crippen LogP contribution is 2.15. The third-order valence-electron chi connectivity index (χ3n) is 2.30. The van der Waals surface area contributed by atoms with Crippen LogP contribution in [0.1, 0.15) is 6.92 Å². The minimum Gasteiger partial charge on any atom is -0.481 e. The zero-order valence-corrected chi connectivity index (χ0v) is 10.4. The zero-order valence-electron chi connectivity index (χ0n) is 9.64. The molecule has 17 heavy (non-hydrogen) atoms. The molecule has 1 unspecified atom stereocenters. The Bertz CT molecular complexity index is 392. The van der Waals surface area contributed by atoms with Crippen molar-refractivity contribution in [3.63, 3.8) is 0 Å². The highest BCUT2D eigenvalue weighted by molar-refractivity contribution is 6.30. The van der Waals surface area contributed by atoms with Gasteiger partial charge in [0.25, 0.3) is 0 Å². The molecular weight excluding hydrogens is 240 g/mol. The molecule has 0 bridgehead atoms. The van der Waals surface area contributed by atoms with Crippen LogP contribution in [0.2, 0.25) is 5.02 Å². The van der Waals surface area contributed by atoms with Crippen molar-refractivity contribution in [2.45, 2.75) is 6.92 Å². The largest absolute Gasteiger partial charge is 0.481 e. The first kappa shape index (κ1) is 13.5. The smallest absolute Gasteiger partial charge is 0.308 e. The fraction of sp³-hybridized carbons (Fsp3) is 0.333. The number of rotatable bonds is 6. The van der Waals surface area contributed by atoms with Gasteiger partial charge >= 0.3 is 5.97 Å². The summed E-state index contributed by atoms with van der Waals surface area (Å²) in [5.74, 6) is -0.595. The number of aliphatic carboxylic acids is 1. The maximum absolute atomic E-state index is 10.8. The fourth-order valence-electron chi connectivity index (χ4n) is 1.38. The fourth-order valence-corrected chi connectivity index (χ4v) is 1.49. The van der Waals surface area contributed by atoms with Crippen LogP contribution in [-0.4, -0.2) is 29.1 Å². The molecular formula is C12H15ClN2O2. The first-order valence-electron chi connectivity index (χ1n) is 5.24. The summed E-state index contributed by atoms with van der Waals surface area (Å²) in [6, 6.07) is 3.49. The van der Waals surface area contributed by atoms with Crippen LogP contribution >= 0.6 is 11.6 Å². The molecule has 0 aliphatic heterocycles. The summed E-state index contributed by atoms with van der Waals surface area (Å²) >= 11 is 5.75. The Labute approximate surface area is 106 Å². The van der Waals surface area contributed by atoms with Gasteiger partial charge in [-0.25, -0.2) is 4.98 Å². The number of carboxylic acids is 1. The van der Waals surface area contributed by atoms with Crippen molar-refractivity contribution in [1.82, 2.24) is 4.98 Å². The molecule has 0 aliphatic carbocycles. The van der Waals surface area contributed by atoms with Gasteiger partial charge in [-0.3, -0.25) is 4.79 Å². The molecule has 5 heteroatoms. The van der Waals surface area contributed by atoms with Crippen molar-refractivity contribution >= 4 is 23.4 Å². The van der Waals surface area contributed by atoms with E-state index in [2.05, 4.69) is 11.6 Å². The average Bonchev–Trinajstić information content (AvgIpc) is 2.29. The van der Waals surface area contributed by atoms with Crippen LogP contribution in [0.4, 0.5) is 5.82 Å². The van der Waals surface area contributed by atoms with Crippen molar-refractivity contribution in [3.8, 4) is 0 Å². The molecule has 1 aromatic heterocycles. The summed E-state index contributed by atoms with van der Waals surface area (Å²) in [4.78, 5) is 16.8. The number of halogens is 1. The molecule has 1 atom stereocenters. The molecule has 0 aliphatic rings. The number of hydrogen-bond donors (Lipinski definition) is 1. The number of carbonyl (C=O) groups is 1. The Hall–Kier alpha value is -1.55. The monoisotopic (exact) mass is 254 g/mol. The molecule has 4 nitrogen and oxygen atoms in total. The second-order valence-electron chi connectivity index (χ2n) is 3.77. The van der Waals surface area contributed by atoms with E-state index in [0.29, 0.717) is 23.9 Å². The Morgan fingerprint density at radius 1 is 1.71 bits per heavy atom. The third kappa shape index (κ3) is 4.07. The van der Waals surface area contributed by atoms with Crippen molar-refractivity contribution in [3.05, 3.63) is 36.0 Å². The van der Waals surface area contributed by atoms with Gasteiger partial charge in [-0.05, 0) is 12.1 Å². The quantitative estimate of drug-likeness (QED) is 0.793. The van der Waals surface area contributed by atoms with E-state index in [4.69, 9.17) is 16.7 Å². The summed E-state index contributed by atoms with van der Waals surface area (Å²) in [6.45, 7) is 6.25. The van der Waals surface area contributed by atoms with Crippen LogP contribution < -0.4 is 4.90 Å². The van der Waals surface area contributed by atoms with Gasteiger partial charge in [-0.15, -0.1) is 6.58 Å². The summed E-state index contributed by atoms with van der Waals surface area (Å²) in [5, 5.41) is 9.45. The molecule has 1 N–H and O–H groups in total. The highest BCUT2D eigenvalue weighted by Gasteiger charge is 2.16. The number of aromatic nitrogens is 1. The summed E-state index contributed by atoms with van der Waals surface area (Å²) < 4.78 is 0. The van der Waals surface area contributed by atoms with Crippen molar-refractivity contribution < 1.29 is 9.90 Å². The molecule has 0 fully saturated rings. The highest BCUT2D eigenvalue weighted by atomic mass is 35.5. The lowest BCUT2D eigenvalue weighted by atomic mass is 10.1. The number of carboxylic acid groups (broad SMARTS) is 1. The molecule has 0 spiro atoms. The first-order chi connectivity index (χ1) is 8.04. The van der Waals surface area contributed by atoms with E-state index in [1.54, 1.807) is 31.3 Å². The van der Waals surface area contributed by atoms with E-state index in [1.807, 2.05) is 4.90 Å². The molecule has 1 heterocycles. The normalized spacial score (nSPS) is 11.9. The molecule has 1 aromatic rings. The molecule has 0 amide bonds. The molecule has 0 aromatic carbocycles.